The Labute approximate surface area is 120 Å². The number of esters is 1. The van der Waals surface area contributed by atoms with E-state index in [4.69, 9.17) is 0 Å². The van der Waals surface area contributed by atoms with E-state index in [-0.39, 0.29) is 10.8 Å². The van der Waals surface area contributed by atoms with Gasteiger partial charge < -0.3 is 4.74 Å². The third-order valence-corrected chi connectivity index (χ3v) is 4.31. The van der Waals surface area contributed by atoms with Crippen LogP contribution >= 0.6 is 0 Å². The Morgan fingerprint density at radius 3 is 2.25 bits per heavy atom. The minimum Gasteiger partial charge on any atom is -0.468 e. The van der Waals surface area contributed by atoms with Crippen LogP contribution in [-0.4, -0.2) is 27.5 Å². The topological polar surface area (TPSA) is 72.5 Å². The molecule has 0 aliphatic rings. The number of ether oxygens (including phenoxy) is 1. The van der Waals surface area contributed by atoms with Crippen molar-refractivity contribution in [1.29, 1.82) is 0 Å². The Hall–Kier alpha value is -1.40. The van der Waals surface area contributed by atoms with Crippen LogP contribution in [0.4, 0.5) is 0 Å². The lowest BCUT2D eigenvalue weighted by molar-refractivity contribution is -0.143. The van der Waals surface area contributed by atoms with Crippen molar-refractivity contribution in [2.75, 3.05) is 7.11 Å². The Bertz CT molecular complexity index is 549. The second-order valence-corrected chi connectivity index (χ2v) is 6.85. The van der Waals surface area contributed by atoms with E-state index in [2.05, 4.69) is 9.46 Å². The van der Waals surface area contributed by atoms with E-state index >= 15 is 0 Å². The van der Waals surface area contributed by atoms with Crippen LogP contribution in [-0.2, 0) is 19.6 Å². The quantitative estimate of drug-likeness (QED) is 0.814. The largest absolute Gasteiger partial charge is 0.468 e. The number of aryl methyl sites for hydroxylation is 1. The van der Waals surface area contributed by atoms with Crippen molar-refractivity contribution in [1.82, 2.24) is 4.72 Å². The Morgan fingerprint density at radius 2 is 1.80 bits per heavy atom. The molecule has 1 aromatic rings. The zero-order valence-corrected chi connectivity index (χ0v) is 13.0. The summed E-state index contributed by atoms with van der Waals surface area (Å²) < 4.78 is 31.5. The molecule has 0 amide bonds. The second kappa shape index (κ2) is 6.85. The van der Waals surface area contributed by atoms with E-state index in [1.165, 1.54) is 19.2 Å². The smallest absolute Gasteiger partial charge is 0.323 e. The Morgan fingerprint density at radius 1 is 1.25 bits per heavy atom. The van der Waals surface area contributed by atoms with E-state index < -0.39 is 22.0 Å². The van der Waals surface area contributed by atoms with Gasteiger partial charge in [-0.2, -0.15) is 4.72 Å². The summed E-state index contributed by atoms with van der Waals surface area (Å²) in [6, 6.07) is 5.59. The molecule has 0 radical (unpaired) electrons. The Balaban J connectivity index is 2.96. The molecule has 0 aliphatic heterocycles. The lowest BCUT2D eigenvalue weighted by Gasteiger charge is -2.18. The zero-order chi connectivity index (χ0) is 15.3. The van der Waals surface area contributed by atoms with Gasteiger partial charge in [-0.25, -0.2) is 8.42 Å². The summed E-state index contributed by atoms with van der Waals surface area (Å²) in [5.74, 6) is -0.408. The van der Waals surface area contributed by atoms with Crippen molar-refractivity contribution in [3.05, 3.63) is 29.8 Å². The fraction of sp³-hybridized carbons (Fsp3) is 0.500. The summed E-state index contributed by atoms with van der Waals surface area (Å²) in [5, 5.41) is 0. The van der Waals surface area contributed by atoms with Gasteiger partial charge in [-0.3, -0.25) is 4.79 Å². The van der Waals surface area contributed by atoms with Gasteiger partial charge in [0.05, 0.1) is 12.0 Å². The average Bonchev–Trinajstić information content (AvgIpc) is 2.36. The summed E-state index contributed by atoms with van der Waals surface area (Å²) in [6.07, 6.45) is 0.387. The highest BCUT2D eigenvalue weighted by atomic mass is 32.2. The van der Waals surface area contributed by atoms with E-state index in [9.17, 15) is 13.2 Å². The molecule has 0 unspecified atom stereocenters. The van der Waals surface area contributed by atoms with Crippen molar-refractivity contribution >= 4 is 16.0 Å². The molecular weight excluding hydrogens is 278 g/mol. The molecule has 0 heterocycles. The van der Waals surface area contributed by atoms with Crippen molar-refractivity contribution in [2.24, 2.45) is 5.92 Å². The van der Waals surface area contributed by atoms with Crippen molar-refractivity contribution in [2.45, 2.75) is 38.1 Å². The van der Waals surface area contributed by atoms with Crippen LogP contribution in [0.25, 0.3) is 0 Å². The molecule has 0 fully saturated rings. The molecule has 20 heavy (non-hydrogen) atoms. The summed E-state index contributed by atoms with van der Waals surface area (Å²) in [6.45, 7) is 5.70. The summed E-state index contributed by atoms with van der Waals surface area (Å²) in [5.41, 5.74) is 0.968. The molecule has 0 aliphatic carbocycles. The molecule has 1 N–H and O–H groups in total. The number of methoxy groups -OCH3 is 1. The first-order valence-corrected chi connectivity index (χ1v) is 7.91. The van der Waals surface area contributed by atoms with Gasteiger partial charge in [0.25, 0.3) is 0 Å². The first-order chi connectivity index (χ1) is 9.26. The van der Waals surface area contributed by atoms with Crippen LogP contribution in [0.1, 0.15) is 25.8 Å². The SMILES string of the molecule is COC(=O)[C@H](CC(C)C)NS(=O)(=O)c1ccc(C)cc1. The fourth-order valence-electron chi connectivity index (χ4n) is 1.78. The van der Waals surface area contributed by atoms with E-state index in [1.54, 1.807) is 12.1 Å². The van der Waals surface area contributed by atoms with Gasteiger partial charge in [0.1, 0.15) is 6.04 Å². The third kappa shape index (κ3) is 4.61. The number of hydrogen-bond acceptors (Lipinski definition) is 4. The van der Waals surface area contributed by atoms with E-state index in [0.29, 0.717) is 6.42 Å². The van der Waals surface area contributed by atoms with E-state index in [1.807, 2.05) is 20.8 Å². The molecule has 1 aromatic carbocycles. The number of sulfonamides is 1. The number of benzene rings is 1. The first kappa shape index (κ1) is 16.7. The van der Waals surface area contributed by atoms with Crippen LogP contribution in [0.2, 0.25) is 0 Å². The highest BCUT2D eigenvalue weighted by Gasteiger charge is 2.26. The van der Waals surface area contributed by atoms with Crippen molar-refractivity contribution < 1.29 is 17.9 Å². The second-order valence-electron chi connectivity index (χ2n) is 5.14. The van der Waals surface area contributed by atoms with Crippen LogP contribution in [0.3, 0.4) is 0 Å². The first-order valence-electron chi connectivity index (χ1n) is 6.43. The molecule has 0 aromatic heterocycles. The van der Waals surface area contributed by atoms with Gasteiger partial charge in [-0.1, -0.05) is 31.5 Å². The lowest BCUT2D eigenvalue weighted by Crippen LogP contribution is -2.42. The minimum absolute atomic E-state index is 0.140. The van der Waals surface area contributed by atoms with Gasteiger partial charge in [0.2, 0.25) is 10.0 Å². The third-order valence-electron chi connectivity index (χ3n) is 2.82. The van der Waals surface area contributed by atoms with Gasteiger partial charge in [0.15, 0.2) is 0 Å². The molecule has 0 spiro atoms. The van der Waals surface area contributed by atoms with Crippen LogP contribution in [0.5, 0.6) is 0 Å². The molecule has 0 saturated heterocycles. The zero-order valence-electron chi connectivity index (χ0n) is 12.2. The lowest BCUT2D eigenvalue weighted by atomic mass is 10.1. The molecule has 0 saturated carbocycles. The number of nitrogens with one attached hydrogen (secondary N) is 1. The van der Waals surface area contributed by atoms with Crippen molar-refractivity contribution in [3.63, 3.8) is 0 Å². The van der Waals surface area contributed by atoms with Gasteiger partial charge in [0, 0.05) is 0 Å². The van der Waals surface area contributed by atoms with Gasteiger partial charge in [-0.05, 0) is 31.4 Å². The maximum absolute atomic E-state index is 12.2. The fourth-order valence-corrected chi connectivity index (χ4v) is 2.98. The van der Waals surface area contributed by atoms with E-state index in [0.717, 1.165) is 5.56 Å². The number of carbonyl (C=O) groups is 1. The molecule has 112 valence electrons. The molecule has 0 bridgehead atoms. The predicted molar refractivity (Wildman–Crippen MR) is 76.8 cm³/mol. The minimum atomic E-state index is -3.73. The Kier molecular flexibility index (Phi) is 5.71. The summed E-state index contributed by atoms with van der Waals surface area (Å²) >= 11 is 0. The summed E-state index contributed by atoms with van der Waals surface area (Å²) in [7, 11) is -2.48. The number of carbonyl (C=O) groups excluding carboxylic acids is 1. The predicted octanol–water partition coefficient (Wildman–Crippen LogP) is 1.86. The van der Waals surface area contributed by atoms with Crippen LogP contribution in [0, 0.1) is 12.8 Å². The molecule has 6 heteroatoms. The van der Waals surface area contributed by atoms with Crippen LogP contribution in [0.15, 0.2) is 29.2 Å². The van der Waals surface area contributed by atoms with Crippen LogP contribution < -0.4 is 4.72 Å². The standard InChI is InChI=1S/C14H21NO4S/c1-10(2)9-13(14(16)19-4)15-20(17,18)12-7-5-11(3)6-8-12/h5-8,10,13,15H,9H2,1-4H3/t13-/m0/s1. The molecule has 1 atom stereocenters. The normalized spacial score (nSPS) is 13.2. The van der Waals surface area contributed by atoms with Gasteiger partial charge in [-0.15, -0.1) is 0 Å². The van der Waals surface area contributed by atoms with Gasteiger partial charge >= 0.3 is 5.97 Å². The number of hydrogen-bond donors (Lipinski definition) is 1. The molecule has 1 rings (SSSR count). The molecule has 5 nitrogen and oxygen atoms in total. The maximum atomic E-state index is 12.2. The monoisotopic (exact) mass is 299 g/mol. The average molecular weight is 299 g/mol. The highest BCUT2D eigenvalue weighted by Crippen LogP contribution is 2.13. The molecular formula is C14H21NO4S. The maximum Gasteiger partial charge on any atom is 0.323 e. The summed E-state index contributed by atoms with van der Waals surface area (Å²) in [4.78, 5) is 11.8. The number of rotatable bonds is 6. The highest BCUT2D eigenvalue weighted by molar-refractivity contribution is 7.89. The van der Waals surface area contributed by atoms with Crippen molar-refractivity contribution in [3.8, 4) is 0 Å².